The van der Waals surface area contributed by atoms with E-state index in [0.717, 1.165) is 27.5 Å². The van der Waals surface area contributed by atoms with Gasteiger partial charge >= 0.3 is 5.97 Å². The lowest BCUT2D eigenvalue weighted by Crippen LogP contribution is -2.33. The molecular weight excluding hydrogens is 649 g/mol. The Morgan fingerprint density at radius 2 is 1.12 bits per heavy atom. The summed E-state index contributed by atoms with van der Waals surface area (Å²) in [6, 6.07) is 25.2. The largest absolute Gasteiger partial charge is 0.461 e. The normalized spacial score (nSPS) is 12.5. The Balaban J connectivity index is 1.44. The summed E-state index contributed by atoms with van der Waals surface area (Å²) in [5.74, 6) is -0.472. The summed E-state index contributed by atoms with van der Waals surface area (Å²) in [4.78, 5) is 32.0. The summed E-state index contributed by atoms with van der Waals surface area (Å²) in [5.41, 5.74) is 3.61. The molecule has 0 fully saturated rings. The third-order valence-corrected chi connectivity index (χ3v) is 9.53. The van der Waals surface area contributed by atoms with Crippen molar-refractivity contribution < 1.29 is 9.53 Å². The van der Waals surface area contributed by atoms with Crippen molar-refractivity contribution in [3.8, 4) is 35.4 Å². The van der Waals surface area contributed by atoms with Crippen LogP contribution in [0.1, 0.15) is 76.3 Å². The Hall–Kier alpha value is -6.75. The molecule has 252 valence electrons. The van der Waals surface area contributed by atoms with E-state index < -0.39 is 0 Å². The van der Waals surface area contributed by atoms with Crippen LogP contribution in [0.4, 0.5) is 0 Å². The number of rotatable bonds is 5. The van der Waals surface area contributed by atoms with Crippen molar-refractivity contribution in [1.29, 1.82) is 21.0 Å². The van der Waals surface area contributed by atoms with Crippen LogP contribution < -0.4 is 0 Å². The van der Waals surface area contributed by atoms with Crippen LogP contribution in [-0.2, 0) is 16.1 Å². The number of carbonyl (C=O) groups is 1. The molecule has 0 radical (unpaired) electrons. The summed E-state index contributed by atoms with van der Waals surface area (Å²) in [6.07, 6.45) is 0.710. The predicted octanol–water partition coefficient (Wildman–Crippen LogP) is 8.77. The highest BCUT2D eigenvalue weighted by Crippen LogP contribution is 2.46. The van der Waals surface area contributed by atoms with Crippen molar-refractivity contribution in [2.24, 2.45) is 16.7 Å². The molecule has 1 atom stereocenters. The fourth-order valence-corrected chi connectivity index (χ4v) is 7.07. The van der Waals surface area contributed by atoms with E-state index in [-0.39, 0.29) is 52.1 Å². The van der Waals surface area contributed by atoms with Crippen LogP contribution in [-0.4, -0.2) is 25.9 Å². The average Bonchev–Trinajstić information content (AvgIpc) is 3.13. The number of nitriles is 4. The number of carbonyl (C=O) groups excluding carboxylic acids is 1. The second-order valence-electron chi connectivity index (χ2n) is 15.3. The summed E-state index contributed by atoms with van der Waals surface area (Å²) in [5, 5.41) is 43.8. The van der Waals surface area contributed by atoms with Gasteiger partial charge in [-0.1, -0.05) is 96.1 Å². The van der Waals surface area contributed by atoms with Crippen LogP contribution in [0.15, 0.2) is 54.6 Å². The maximum absolute atomic E-state index is 13.3. The summed E-state index contributed by atoms with van der Waals surface area (Å²) < 4.78 is 5.87. The van der Waals surface area contributed by atoms with E-state index in [1.807, 2.05) is 78.9 Å². The third kappa shape index (κ3) is 5.52. The molecule has 0 aliphatic carbocycles. The second-order valence-corrected chi connectivity index (χ2v) is 15.3. The lowest BCUT2D eigenvalue weighted by atomic mass is 9.72. The molecule has 10 nitrogen and oxygen atoms in total. The minimum Gasteiger partial charge on any atom is -0.461 e. The first-order valence-electron chi connectivity index (χ1n) is 16.8. The molecule has 0 aliphatic rings. The minimum absolute atomic E-state index is 0.0333. The van der Waals surface area contributed by atoms with E-state index in [1.165, 1.54) is 0 Å². The Kier molecular flexibility index (Phi) is 7.94. The number of hydrogen-bond acceptors (Lipinski definition) is 10. The Bertz CT molecular complexity index is 2780. The van der Waals surface area contributed by atoms with E-state index >= 15 is 0 Å². The van der Waals surface area contributed by atoms with Gasteiger partial charge < -0.3 is 4.74 Å². The molecule has 0 amide bonds. The van der Waals surface area contributed by atoms with Gasteiger partial charge in [-0.25, -0.2) is 19.9 Å². The smallest absolute Gasteiger partial charge is 0.309 e. The van der Waals surface area contributed by atoms with Gasteiger partial charge in [0.1, 0.15) is 30.9 Å². The fourth-order valence-electron chi connectivity index (χ4n) is 7.07. The summed E-state index contributed by atoms with van der Waals surface area (Å²) >= 11 is 0. The molecule has 0 N–H and O–H groups in total. The second kappa shape index (κ2) is 12.2. The summed E-state index contributed by atoms with van der Waals surface area (Å²) in [7, 11) is 0. The van der Waals surface area contributed by atoms with E-state index in [4.69, 9.17) is 9.72 Å². The van der Waals surface area contributed by atoms with Gasteiger partial charge in [0.05, 0.1) is 28.0 Å². The topological polar surface area (TPSA) is 173 Å². The van der Waals surface area contributed by atoms with Crippen molar-refractivity contribution >= 4 is 60.4 Å². The van der Waals surface area contributed by atoms with Crippen molar-refractivity contribution in [1.82, 2.24) is 19.9 Å². The maximum Gasteiger partial charge on any atom is 0.309 e. The van der Waals surface area contributed by atoms with E-state index in [1.54, 1.807) is 0 Å². The van der Waals surface area contributed by atoms with Gasteiger partial charge in [-0.3, -0.25) is 4.79 Å². The predicted molar refractivity (Wildman–Crippen MR) is 197 cm³/mol. The van der Waals surface area contributed by atoms with Gasteiger partial charge in [-0.2, -0.15) is 21.0 Å². The number of ether oxygens (including phenoxy) is 1. The number of fused-ring (bicyclic) bond motifs is 6. The van der Waals surface area contributed by atoms with Crippen LogP contribution in [0.2, 0.25) is 0 Å². The Morgan fingerprint density at radius 3 is 1.60 bits per heavy atom. The lowest BCUT2D eigenvalue weighted by molar-refractivity contribution is -0.155. The number of aromatic nitrogens is 4. The molecular formula is C42H32N8O2. The first-order valence-corrected chi connectivity index (χ1v) is 16.8. The van der Waals surface area contributed by atoms with Gasteiger partial charge in [0, 0.05) is 32.3 Å². The van der Waals surface area contributed by atoms with Gasteiger partial charge in [-0.15, -0.1) is 0 Å². The molecule has 0 bridgehead atoms. The Morgan fingerprint density at radius 1 is 0.635 bits per heavy atom. The number of hydrogen-bond donors (Lipinski definition) is 0. The SMILES string of the molecule is CC(C)(C)CC(C(=O)OCc1ccc(-c2ccc3c4nc(C#N)c(C#N)nc4c4cccc5c6nc(C#N)c(C#N)nc6c2c3c45)cc1)C(C)(C)C. The third-order valence-electron chi connectivity index (χ3n) is 9.53. The van der Waals surface area contributed by atoms with Crippen molar-refractivity contribution in [3.05, 3.63) is 82.9 Å². The van der Waals surface area contributed by atoms with Crippen molar-refractivity contribution in [2.75, 3.05) is 0 Å². The number of nitrogens with zero attached hydrogens (tertiary/aromatic N) is 8. The summed E-state index contributed by atoms with van der Waals surface area (Å²) in [6.45, 7) is 12.7. The molecule has 0 saturated carbocycles. The molecule has 5 aromatic carbocycles. The molecule has 10 heteroatoms. The first-order chi connectivity index (χ1) is 24.8. The van der Waals surface area contributed by atoms with Crippen LogP contribution in [0.5, 0.6) is 0 Å². The molecule has 0 saturated heterocycles. The molecule has 7 aromatic rings. The molecule has 2 heterocycles. The van der Waals surface area contributed by atoms with Crippen molar-refractivity contribution in [3.63, 3.8) is 0 Å². The van der Waals surface area contributed by atoms with Crippen molar-refractivity contribution in [2.45, 2.75) is 54.6 Å². The van der Waals surface area contributed by atoms with E-state index in [2.05, 4.69) is 56.5 Å². The van der Waals surface area contributed by atoms with Gasteiger partial charge in [0.2, 0.25) is 0 Å². The van der Waals surface area contributed by atoms with Gasteiger partial charge in [-0.05, 0) is 33.9 Å². The van der Waals surface area contributed by atoms with Gasteiger partial charge in [0.15, 0.2) is 22.8 Å². The van der Waals surface area contributed by atoms with E-state index in [0.29, 0.717) is 50.0 Å². The molecule has 1 unspecified atom stereocenters. The average molecular weight is 681 g/mol. The monoisotopic (exact) mass is 680 g/mol. The lowest BCUT2D eigenvalue weighted by Gasteiger charge is -2.33. The Labute approximate surface area is 299 Å². The van der Waals surface area contributed by atoms with Gasteiger partial charge in [0.25, 0.3) is 0 Å². The fraction of sp³-hybridized carbons (Fsp3) is 0.262. The zero-order valence-corrected chi connectivity index (χ0v) is 29.6. The zero-order chi connectivity index (χ0) is 37.1. The van der Waals surface area contributed by atoms with Crippen LogP contribution in [0.3, 0.4) is 0 Å². The molecule has 2 aromatic heterocycles. The highest BCUT2D eigenvalue weighted by atomic mass is 16.5. The quantitative estimate of drug-likeness (QED) is 0.0971. The molecule has 0 spiro atoms. The highest BCUT2D eigenvalue weighted by molar-refractivity contribution is 6.40. The molecule has 52 heavy (non-hydrogen) atoms. The first kappa shape index (κ1) is 33.7. The van der Waals surface area contributed by atoms with E-state index in [9.17, 15) is 25.8 Å². The minimum atomic E-state index is -0.255. The maximum atomic E-state index is 13.3. The molecule has 0 aliphatic heterocycles. The van der Waals surface area contributed by atoms with Crippen LogP contribution in [0, 0.1) is 62.1 Å². The standard InChI is InChI=1S/C42H32N8O2/c1-41(2,3)16-28(42(4,5)6)40(51)52-21-22-10-12-23(13-11-22)24-14-15-27-34-33-25(36-37(27)48-30(18-44)29(17-43)47-36)8-7-9-26(33)38-39(35(24)34)50-32(20-46)31(19-45)49-38/h7-15,28H,16,21H2,1-6H3. The van der Waals surface area contributed by atoms with Crippen LogP contribution >= 0.6 is 0 Å². The molecule has 7 rings (SSSR count). The number of benzene rings is 5. The zero-order valence-electron chi connectivity index (χ0n) is 29.6. The van der Waals surface area contributed by atoms with Crippen LogP contribution in [0.25, 0.3) is 65.5 Å². The highest BCUT2D eigenvalue weighted by Gasteiger charge is 2.36. The number of esters is 1.